The van der Waals surface area contributed by atoms with Gasteiger partial charge in [0.1, 0.15) is 11.2 Å². The fourth-order valence-electron chi connectivity index (χ4n) is 3.08. The summed E-state index contributed by atoms with van der Waals surface area (Å²) in [7, 11) is 1.55. The van der Waals surface area contributed by atoms with Crippen LogP contribution in [-0.2, 0) is 13.6 Å². The summed E-state index contributed by atoms with van der Waals surface area (Å²) in [4.78, 5) is 34.4. The summed E-state index contributed by atoms with van der Waals surface area (Å²) >= 11 is 0. The third-order valence-corrected chi connectivity index (χ3v) is 4.62. The average molecular weight is 376 g/mol. The van der Waals surface area contributed by atoms with Gasteiger partial charge in [-0.25, -0.2) is 19.2 Å². The van der Waals surface area contributed by atoms with E-state index in [9.17, 15) is 14.0 Å². The lowest BCUT2D eigenvalue weighted by molar-refractivity contribution is 0.617. The predicted octanol–water partition coefficient (Wildman–Crippen LogP) is 2.65. The van der Waals surface area contributed by atoms with Gasteiger partial charge in [0.2, 0.25) is 0 Å². The van der Waals surface area contributed by atoms with E-state index in [4.69, 9.17) is 0 Å². The van der Waals surface area contributed by atoms with Crippen LogP contribution >= 0.6 is 0 Å². The highest BCUT2D eigenvalue weighted by molar-refractivity contribution is 5.75. The molecule has 140 valence electrons. The van der Waals surface area contributed by atoms with Gasteiger partial charge in [-0.3, -0.25) is 13.9 Å². The van der Waals surface area contributed by atoms with Gasteiger partial charge < -0.3 is 0 Å². The first-order chi connectivity index (χ1) is 13.4. The topological polar surface area (TPSA) is 69.8 Å². The minimum Gasteiger partial charge on any atom is -0.280 e. The summed E-state index contributed by atoms with van der Waals surface area (Å²) in [5.41, 5.74) is 1.67. The van der Waals surface area contributed by atoms with E-state index in [1.165, 1.54) is 29.0 Å². The van der Waals surface area contributed by atoms with Gasteiger partial charge in [-0.05, 0) is 24.6 Å². The number of halogens is 1. The van der Waals surface area contributed by atoms with Crippen molar-refractivity contribution in [1.29, 1.82) is 0 Å². The molecule has 0 unspecified atom stereocenters. The minimum absolute atomic E-state index is 0.0288. The van der Waals surface area contributed by atoms with E-state index in [0.29, 0.717) is 11.4 Å². The van der Waals surface area contributed by atoms with Crippen LogP contribution in [0.4, 0.5) is 4.39 Å². The number of fused-ring (bicyclic) bond motifs is 1. The molecule has 0 N–H and O–H groups in total. The molecular formula is C21H17FN4O2. The van der Waals surface area contributed by atoms with Gasteiger partial charge >= 0.3 is 5.69 Å². The van der Waals surface area contributed by atoms with E-state index in [0.717, 1.165) is 15.7 Å². The zero-order valence-corrected chi connectivity index (χ0v) is 15.4. The Balaban J connectivity index is 1.87. The molecular weight excluding hydrogens is 359 g/mol. The third kappa shape index (κ3) is 3.11. The van der Waals surface area contributed by atoms with Crippen molar-refractivity contribution in [2.75, 3.05) is 0 Å². The summed E-state index contributed by atoms with van der Waals surface area (Å²) in [6.07, 6.45) is 1.43. The Kier molecular flexibility index (Phi) is 4.35. The van der Waals surface area contributed by atoms with Gasteiger partial charge in [-0.15, -0.1) is 0 Å². The number of benzene rings is 2. The molecule has 0 saturated heterocycles. The Morgan fingerprint density at radius 2 is 1.82 bits per heavy atom. The molecule has 4 rings (SSSR count). The van der Waals surface area contributed by atoms with Gasteiger partial charge in [0.05, 0.1) is 6.54 Å². The van der Waals surface area contributed by atoms with Gasteiger partial charge in [-0.1, -0.05) is 42.0 Å². The molecule has 0 saturated carbocycles. The second kappa shape index (κ2) is 6.84. The summed E-state index contributed by atoms with van der Waals surface area (Å²) < 4.78 is 15.8. The highest BCUT2D eigenvalue weighted by atomic mass is 19.1. The molecule has 0 bridgehead atoms. The molecule has 0 aliphatic heterocycles. The number of hydrogen-bond acceptors (Lipinski definition) is 4. The average Bonchev–Trinajstić information content (AvgIpc) is 2.70. The van der Waals surface area contributed by atoms with Crippen LogP contribution in [0.5, 0.6) is 0 Å². The molecule has 28 heavy (non-hydrogen) atoms. The summed E-state index contributed by atoms with van der Waals surface area (Å²) in [5, 5.41) is 0.231. The van der Waals surface area contributed by atoms with Crippen LogP contribution < -0.4 is 11.2 Å². The fraction of sp³-hybridized carbons (Fsp3) is 0.143. The quantitative estimate of drug-likeness (QED) is 0.551. The van der Waals surface area contributed by atoms with E-state index < -0.39 is 17.1 Å². The molecule has 7 heteroatoms. The first kappa shape index (κ1) is 17.8. The Bertz CT molecular complexity index is 1310. The zero-order chi connectivity index (χ0) is 19.8. The molecule has 0 fully saturated rings. The van der Waals surface area contributed by atoms with Crippen molar-refractivity contribution in [3.8, 4) is 11.4 Å². The highest BCUT2D eigenvalue weighted by Gasteiger charge is 2.14. The fourth-order valence-corrected chi connectivity index (χ4v) is 3.08. The summed E-state index contributed by atoms with van der Waals surface area (Å²) in [5.74, 6) is 0.0130. The maximum atomic E-state index is 13.4. The molecule has 2 heterocycles. The number of aryl methyl sites for hydroxylation is 2. The van der Waals surface area contributed by atoms with E-state index in [1.54, 1.807) is 13.1 Å². The SMILES string of the molecule is Cc1ccc(-c2ncc3c(=O)n(Cc4cccc(F)c4)c(=O)n(C)c3n2)cc1. The molecule has 0 spiro atoms. The van der Waals surface area contributed by atoms with Crippen LogP contribution in [0, 0.1) is 12.7 Å². The van der Waals surface area contributed by atoms with Gasteiger partial charge in [-0.2, -0.15) is 0 Å². The zero-order valence-electron chi connectivity index (χ0n) is 15.4. The van der Waals surface area contributed by atoms with Crippen molar-refractivity contribution in [2.45, 2.75) is 13.5 Å². The monoisotopic (exact) mass is 376 g/mol. The van der Waals surface area contributed by atoms with Crippen molar-refractivity contribution in [2.24, 2.45) is 7.05 Å². The largest absolute Gasteiger partial charge is 0.332 e. The molecule has 0 aliphatic carbocycles. The molecule has 0 amide bonds. The summed E-state index contributed by atoms with van der Waals surface area (Å²) in [6.45, 7) is 1.95. The Hall–Kier alpha value is -3.61. The maximum Gasteiger partial charge on any atom is 0.332 e. The normalized spacial score (nSPS) is 11.1. The number of aromatic nitrogens is 4. The Labute approximate surface area is 159 Å². The number of nitrogens with zero attached hydrogens (tertiary/aromatic N) is 4. The first-order valence-corrected chi connectivity index (χ1v) is 8.72. The van der Waals surface area contributed by atoms with Crippen molar-refractivity contribution in [3.05, 3.63) is 92.5 Å². The second-order valence-electron chi connectivity index (χ2n) is 6.66. The highest BCUT2D eigenvalue weighted by Crippen LogP contribution is 2.17. The van der Waals surface area contributed by atoms with Crippen molar-refractivity contribution >= 4 is 11.0 Å². The number of rotatable bonds is 3. The van der Waals surface area contributed by atoms with Crippen molar-refractivity contribution in [1.82, 2.24) is 19.1 Å². The van der Waals surface area contributed by atoms with Crippen LogP contribution in [0.2, 0.25) is 0 Å². The Morgan fingerprint density at radius 3 is 2.54 bits per heavy atom. The van der Waals surface area contributed by atoms with Gasteiger partial charge in [0.15, 0.2) is 11.5 Å². The lowest BCUT2D eigenvalue weighted by atomic mass is 10.1. The van der Waals surface area contributed by atoms with Gasteiger partial charge in [0.25, 0.3) is 5.56 Å². The lowest BCUT2D eigenvalue weighted by Gasteiger charge is -2.11. The molecule has 6 nitrogen and oxygen atoms in total. The van der Waals surface area contributed by atoms with Crippen LogP contribution in [0.25, 0.3) is 22.4 Å². The smallest absolute Gasteiger partial charge is 0.280 e. The first-order valence-electron chi connectivity index (χ1n) is 8.72. The van der Waals surface area contributed by atoms with E-state index >= 15 is 0 Å². The number of hydrogen-bond donors (Lipinski definition) is 0. The second-order valence-corrected chi connectivity index (χ2v) is 6.66. The molecule has 2 aromatic heterocycles. The van der Waals surface area contributed by atoms with E-state index in [-0.39, 0.29) is 17.6 Å². The molecule has 0 radical (unpaired) electrons. The van der Waals surface area contributed by atoms with E-state index in [1.807, 2.05) is 31.2 Å². The predicted molar refractivity (Wildman–Crippen MR) is 105 cm³/mol. The Morgan fingerprint density at radius 1 is 1.07 bits per heavy atom. The molecule has 4 aromatic rings. The van der Waals surface area contributed by atoms with Crippen LogP contribution in [0.1, 0.15) is 11.1 Å². The van der Waals surface area contributed by atoms with Crippen molar-refractivity contribution < 1.29 is 4.39 Å². The molecule has 0 aliphatic rings. The molecule has 2 aromatic carbocycles. The van der Waals surface area contributed by atoms with Gasteiger partial charge in [0, 0.05) is 18.8 Å². The lowest BCUT2D eigenvalue weighted by Crippen LogP contribution is -2.39. The maximum absolute atomic E-state index is 13.4. The molecule has 0 atom stereocenters. The standard InChI is InChI=1S/C21H17FN4O2/c1-13-6-8-15(9-7-13)18-23-11-17-19(24-18)25(2)21(28)26(20(17)27)12-14-4-3-5-16(22)10-14/h3-11H,12H2,1-2H3. The van der Waals surface area contributed by atoms with Crippen LogP contribution in [-0.4, -0.2) is 19.1 Å². The van der Waals surface area contributed by atoms with Crippen LogP contribution in [0.3, 0.4) is 0 Å². The minimum atomic E-state index is -0.518. The van der Waals surface area contributed by atoms with Crippen molar-refractivity contribution in [3.63, 3.8) is 0 Å². The van der Waals surface area contributed by atoms with E-state index in [2.05, 4.69) is 9.97 Å². The summed E-state index contributed by atoms with van der Waals surface area (Å²) in [6, 6.07) is 13.5. The van der Waals surface area contributed by atoms with Crippen LogP contribution in [0.15, 0.2) is 64.3 Å². The third-order valence-electron chi connectivity index (χ3n) is 4.62.